The molecule has 2 aliphatic carbocycles. The van der Waals surface area contributed by atoms with Crippen LogP contribution in [0.2, 0.25) is 13.7 Å². The summed E-state index contributed by atoms with van der Waals surface area (Å²) < 4.78 is 0.460. The second kappa shape index (κ2) is 14.5. The van der Waals surface area contributed by atoms with Crippen LogP contribution in [0.1, 0.15) is 78.5 Å². The Balaban J connectivity index is 1.61. The van der Waals surface area contributed by atoms with E-state index in [-0.39, 0.29) is 18.1 Å². The molecule has 0 spiro atoms. The molecule has 0 N–H and O–H groups in total. The number of benzene rings is 6. The Morgan fingerprint density at radius 3 is 1.21 bits per heavy atom. The molecular weight excluding hydrogens is 846 g/mol. The van der Waals surface area contributed by atoms with E-state index in [1.54, 1.807) is 0 Å². The van der Waals surface area contributed by atoms with Gasteiger partial charge >= 0.3 is 354 Å². The van der Waals surface area contributed by atoms with E-state index in [2.05, 4.69) is 175 Å². The van der Waals surface area contributed by atoms with E-state index in [1.807, 2.05) is 24.3 Å². The molecule has 0 amide bonds. The van der Waals surface area contributed by atoms with Crippen LogP contribution in [0.4, 0.5) is 0 Å². The number of halogens is 4. The van der Waals surface area contributed by atoms with Gasteiger partial charge in [-0.1, -0.05) is 0 Å². The summed E-state index contributed by atoms with van der Waals surface area (Å²) in [6, 6.07) is 47.4. The van der Waals surface area contributed by atoms with Gasteiger partial charge in [-0.25, -0.2) is 0 Å². The summed E-state index contributed by atoms with van der Waals surface area (Å²) in [7, 11) is 18.0. The summed E-state index contributed by atoms with van der Waals surface area (Å²) in [6.45, 7) is 13.8. The van der Waals surface area contributed by atoms with Crippen molar-refractivity contribution in [2.45, 2.75) is 59.6 Å². The fourth-order valence-electron chi connectivity index (χ4n) is 9.11. The van der Waals surface area contributed by atoms with E-state index < -0.39 is 15.9 Å². The zero-order chi connectivity index (χ0) is 39.6. The molecule has 0 heterocycles. The summed E-state index contributed by atoms with van der Waals surface area (Å²) in [5.74, 6) is 0. The van der Waals surface area contributed by atoms with Gasteiger partial charge in [-0.15, -0.1) is 0 Å². The Bertz CT molecular complexity index is 2430. The predicted molar refractivity (Wildman–Crippen MR) is 242 cm³/mol. The zero-order valence-electron chi connectivity index (χ0n) is 32.7. The van der Waals surface area contributed by atoms with Crippen molar-refractivity contribution in [1.82, 2.24) is 0 Å². The predicted octanol–water partition coefficient (Wildman–Crippen LogP) is 16.2. The third kappa shape index (κ3) is 6.80. The average Bonchev–Trinajstić information content (AvgIpc) is 3.84. The molecule has 282 valence electrons. The third-order valence-corrected chi connectivity index (χ3v) is 31.9. The molecule has 0 unspecified atom stereocenters. The van der Waals surface area contributed by atoms with Gasteiger partial charge in [-0.05, 0) is 0 Å². The Morgan fingerprint density at radius 1 is 0.482 bits per heavy atom. The van der Waals surface area contributed by atoms with Crippen LogP contribution < -0.4 is 0 Å². The van der Waals surface area contributed by atoms with Gasteiger partial charge in [-0.3, -0.25) is 0 Å². The first-order valence-electron chi connectivity index (χ1n) is 19.4. The molecular formula is C51H46Cl4Zr. The standard InChI is InChI=1S/C33H33.C13H8Cl2.C5H5.2ClH.Zr/c1-32(2,3)30-20-26-24(18-28(30)22-13-9-7-10-14-22)17-25-19-29(23-15-11-8-12-16-23)31(21-27(25)26)33(4,5)6;14-12-5-1-10(2-6-12)9-11-3-7-13(15)8-4-11;1-2-4-5-3-1;;;/h7-21H,1-6H3;1-8H;1-5H;2*1H;/q;;;;;+2/p-2. The molecule has 0 saturated carbocycles. The molecule has 6 aromatic rings. The van der Waals surface area contributed by atoms with E-state index in [4.69, 9.17) is 40.2 Å². The van der Waals surface area contributed by atoms with Gasteiger partial charge < -0.3 is 0 Å². The van der Waals surface area contributed by atoms with Gasteiger partial charge in [-0.2, -0.15) is 0 Å². The summed E-state index contributed by atoms with van der Waals surface area (Å²) in [5, 5.41) is 1.31. The van der Waals surface area contributed by atoms with E-state index in [1.165, 1.54) is 55.6 Å². The number of hydrogen-bond donors (Lipinski definition) is 0. The van der Waals surface area contributed by atoms with Crippen molar-refractivity contribution in [2.24, 2.45) is 0 Å². The number of fused-ring (bicyclic) bond motifs is 3. The van der Waals surface area contributed by atoms with Crippen molar-refractivity contribution in [3.63, 3.8) is 0 Å². The van der Waals surface area contributed by atoms with Crippen molar-refractivity contribution in [3.8, 4) is 33.4 Å². The zero-order valence-corrected chi connectivity index (χ0v) is 38.2. The maximum atomic E-state index is 9.00. The molecule has 0 aromatic heterocycles. The number of allylic oxidation sites excluding steroid dienone is 4. The molecule has 0 aliphatic heterocycles. The van der Waals surface area contributed by atoms with Gasteiger partial charge in [0.1, 0.15) is 0 Å². The minimum atomic E-state index is -5.73. The third-order valence-electron chi connectivity index (χ3n) is 11.7. The average molecular weight is 892 g/mol. The second-order valence-electron chi connectivity index (χ2n) is 17.5. The molecule has 56 heavy (non-hydrogen) atoms. The van der Waals surface area contributed by atoms with Crippen LogP contribution >= 0.6 is 40.2 Å². The Hall–Kier alpha value is -3.29. The summed E-state index contributed by atoms with van der Waals surface area (Å²) in [4.78, 5) is 0. The minimum absolute atomic E-state index is 0.143. The first-order valence-corrected chi connectivity index (χ1v) is 30.5. The van der Waals surface area contributed by atoms with Crippen LogP contribution in [0.5, 0.6) is 0 Å². The molecule has 0 radical (unpaired) electrons. The molecule has 0 saturated heterocycles. The van der Waals surface area contributed by atoms with Gasteiger partial charge in [0, 0.05) is 0 Å². The Labute approximate surface area is 350 Å². The van der Waals surface area contributed by atoms with Gasteiger partial charge in [0.15, 0.2) is 0 Å². The van der Waals surface area contributed by atoms with Crippen molar-refractivity contribution in [1.29, 1.82) is 0 Å². The first-order chi connectivity index (χ1) is 26.5. The van der Waals surface area contributed by atoms with Crippen LogP contribution in [-0.4, -0.2) is 3.21 Å². The first kappa shape index (κ1) is 39.5. The van der Waals surface area contributed by atoms with Crippen LogP contribution in [0, 0.1) is 0 Å². The van der Waals surface area contributed by atoms with Crippen molar-refractivity contribution >= 4 is 43.4 Å². The molecule has 5 heteroatoms. The van der Waals surface area contributed by atoms with Gasteiger partial charge in [0.05, 0.1) is 0 Å². The normalized spacial score (nSPS) is 14.6. The van der Waals surface area contributed by atoms with Crippen LogP contribution in [0.25, 0.3) is 33.4 Å². The van der Waals surface area contributed by atoms with Crippen LogP contribution in [0.3, 0.4) is 0 Å². The van der Waals surface area contributed by atoms with Crippen LogP contribution in [0.15, 0.2) is 158 Å². The topological polar surface area (TPSA) is 0 Å². The van der Waals surface area contributed by atoms with Crippen molar-refractivity contribution in [2.75, 3.05) is 0 Å². The fourth-order valence-corrected chi connectivity index (χ4v) is 28.7. The Kier molecular flexibility index (Phi) is 10.2. The van der Waals surface area contributed by atoms with Crippen molar-refractivity contribution < 1.29 is 15.9 Å². The Morgan fingerprint density at radius 2 is 0.857 bits per heavy atom. The molecule has 0 bridgehead atoms. The SMILES string of the molecule is CC(C)(C)c1cc2c(cc1-c1ccccc1)[CH]([Zr]([Cl])([Cl])(=[C](c1ccc(Cl)cc1)c1ccc(Cl)cc1)[CH]1C=CC=C1)c1cc(-c3ccccc3)c(C(C)(C)C)cc1-2. The summed E-state index contributed by atoms with van der Waals surface area (Å²) >= 11 is 7.42. The molecule has 8 rings (SSSR count). The summed E-state index contributed by atoms with van der Waals surface area (Å²) in [6.07, 6.45) is 8.68. The molecule has 0 nitrogen and oxygen atoms in total. The second-order valence-corrected chi connectivity index (χ2v) is 39.1. The number of hydrogen-bond acceptors (Lipinski definition) is 0. The maximum absolute atomic E-state index is 9.00. The van der Waals surface area contributed by atoms with E-state index >= 15 is 0 Å². The summed E-state index contributed by atoms with van der Waals surface area (Å²) in [5.41, 5.74) is 13.8. The van der Waals surface area contributed by atoms with Gasteiger partial charge in [0.2, 0.25) is 0 Å². The molecule has 2 aliphatic rings. The van der Waals surface area contributed by atoms with Crippen LogP contribution in [-0.2, 0) is 26.7 Å². The monoisotopic (exact) mass is 888 g/mol. The molecule has 0 fully saturated rings. The van der Waals surface area contributed by atoms with Gasteiger partial charge in [0.25, 0.3) is 0 Å². The fraction of sp³-hybridized carbons (Fsp3) is 0.196. The quantitative estimate of drug-likeness (QED) is 0.156. The molecule has 6 aromatic carbocycles. The number of rotatable bonds is 6. The van der Waals surface area contributed by atoms with E-state index in [0.29, 0.717) is 10.0 Å². The van der Waals surface area contributed by atoms with E-state index in [0.717, 1.165) is 14.3 Å². The van der Waals surface area contributed by atoms with Crippen molar-refractivity contribution in [3.05, 3.63) is 201 Å². The molecule has 0 atom stereocenters. The van der Waals surface area contributed by atoms with E-state index in [9.17, 15) is 0 Å².